The van der Waals surface area contributed by atoms with E-state index in [-0.39, 0.29) is 0 Å². The Morgan fingerprint density at radius 1 is 0.383 bits per heavy atom. The fraction of sp³-hybridized carbons (Fsp3) is 0.143. The first kappa shape index (κ1) is 62.4. The van der Waals surface area contributed by atoms with Gasteiger partial charge in [-0.15, -0.1) is 0 Å². The van der Waals surface area contributed by atoms with Crippen LogP contribution in [-0.4, -0.2) is 25.5 Å². The summed E-state index contributed by atoms with van der Waals surface area (Å²) in [4.78, 5) is 0. The normalized spacial score (nSPS) is 11.5. The fourth-order valence-electron chi connectivity index (χ4n) is 8.97. The number of hydrogen-bond acceptors (Lipinski definition) is 5. The van der Waals surface area contributed by atoms with Crippen molar-refractivity contribution in [2.75, 3.05) is 19.4 Å². The Labute approximate surface area is 505 Å². The molecule has 0 atom stereocenters. The third kappa shape index (κ3) is 22.9. The molecule has 0 unspecified atom stereocenters. The number of hydrogen-bond donors (Lipinski definition) is 0. The molecule has 0 radical (unpaired) electrons. The van der Waals surface area contributed by atoms with Crippen molar-refractivity contribution in [1.29, 1.82) is 0 Å². The van der Waals surface area contributed by atoms with Gasteiger partial charge in [0.2, 0.25) is 0 Å². The van der Waals surface area contributed by atoms with Gasteiger partial charge in [0.15, 0.2) is 0 Å². The molecular formula is C70H69BrCl2NiO5P2+2. The fourth-order valence-corrected chi connectivity index (χ4v) is 15.0. The topological polar surface area (TPSA) is 46.2 Å². The first-order valence-electron chi connectivity index (χ1n) is 27.0. The van der Waals surface area contributed by atoms with Crippen LogP contribution in [0.25, 0.3) is 0 Å². The van der Waals surface area contributed by atoms with Crippen molar-refractivity contribution in [2.24, 2.45) is 0 Å². The van der Waals surface area contributed by atoms with Crippen molar-refractivity contribution in [3.63, 3.8) is 0 Å². The van der Waals surface area contributed by atoms with Gasteiger partial charge in [-0.25, -0.2) is 0 Å². The molecular weight excluding hydrogens is 1190 g/mol. The van der Waals surface area contributed by atoms with E-state index in [0.717, 1.165) is 50.5 Å². The van der Waals surface area contributed by atoms with Gasteiger partial charge in [0, 0.05) is 30.1 Å². The quantitative estimate of drug-likeness (QED) is 0.0672. The van der Waals surface area contributed by atoms with Crippen molar-refractivity contribution < 1.29 is 36.3 Å². The van der Waals surface area contributed by atoms with E-state index in [0.29, 0.717) is 18.8 Å². The molecule has 11 rings (SSSR count). The predicted octanol–water partition coefficient (Wildman–Crippen LogP) is 19.7. The number of benzene rings is 10. The Hall–Kier alpha value is -6.23. The van der Waals surface area contributed by atoms with Crippen molar-refractivity contribution in [3.8, 4) is 46.0 Å². The molecule has 1 aliphatic rings. The summed E-state index contributed by atoms with van der Waals surface area (Å²) < 4.78 is 29.4. The van der Waals surface area contributed by atoms with Crippen molar-refractivity contribution in [3.05, 3.63) is 289 Å². The zero-order valence-electron chi connectivity index (χ0n) is 45.6. The van der Waals surface area contributed by atoms with E-state index in [1.165, 1.54) is 71.2 Å². The molecule has 1 aliphatic carbocycles. The summed E-state index contributed by atoms with van der Waals surface area (Å²) in [5.41, 5.74) is 1.17. The Balaban J connectivity index is 0.000000163. The van der Waals surface area contributed by atoms with Crippen LogP contribution in [0.5, 0.6) is 46.0 Å². The Morgan fingerprint density at radius 3 is 0.988 bits per heavy atom. The minimum atomic E-state index is -0.742. The Kier molecular flexibility index (Phi) is 27.9. The van der Waals surface area contributed by atoms with Crippen molar-refractivity contribution in [2.45, 2.75) is 45.1 Å². The summed E-state index contributed by atoms with van der Waals surface area (Å²) in [5.74, 6) is 6.21. The predicted molar refractivity (Wildman–Crippen MR) is 348 cm³/mol. The smallest absolute Gasteiger partial charge is 0.0620 e. The van der Waals surface area contributed by atoms with Crippen LogP contribution in [0.1, 0.15) is 37.7 Å². The average Bonchev–Trinajstić information content (AvgIpc) is 4.05. The van der Waals surface area contributed by atoms with Gasteiger partial charge in [-0.1, -0.05) is 168 Å². The van der Waals surface area contributed by atoms with Crippen LogP contribution in [0, 0.1) is 6.92 Å². The average molecular weight is 1260 g/mol. The van der Waals surface area contributed by atoms with Gasteiger partial charge in [0.1, 0.15) is 46.0 Å². The van der Waals surface area contributed by atoms with E-state index in [1.54, 1.807) is 7.11 Å². The Bertz CT molecular complexity index is 2990. The van der Waals surface area contributed by atoms with Crippen LogP contribution in [0.3, 0.4) is 0 Å². The number of ether oxygens (including phenoxy) is 5. The van der Waals surface area contributed by atoms with Crippen molar-refractivity contribution in [1.82, 2.24) is 0 Å². The summed E-state index contributed by atoms with van der Waals surface area (Å²) in [6.45, 7) is 2.04. The molecule has 0 aromatic heterocycles. The summed E-state index contributed by atoms with van der Waals surface area (Å²) >= 11 is 4.00. The van der Waals surface area contributed by atoms with Crippen LogP contribution >= 0.6 is 52.2 Å². The molecule has 10 aromatic carbocycles. The number of methoxy groups -OCH3 is 1. The molecule has 5 nitrogen and oxygen atoms in total. The Morgan fingerprint density at radius 2 is 0.667 bits per heavy atom. The molecule has 418 valence electrons. The minimum absolute atomic E-state index is 0.569. The van der Waals surface area contributed by atoms with E-state index < -0.39 is 15.8 Å². The molecule has 0 amide bonds. The third-order valence-corrected chi connectivity index (χ3v) is 19.1. The van der Waals surface area contributed by atoms with E-state index in [9.17, 15) is 0 Å². The second kappa shape index (κ2) is 36.3. The SMILES string of the molecule is Brc1cccc(Oc2cccc(Oc3ccccc3)c2)c1.COC1CCCC1.Cc1cccc(Oc2cccc(Oc3ccccc3)c2)c1.[Cl][Ni][Cl].c1ccc([PH+](CCC[PH+](c2ccccc2)c2ccccc2)c2ccccc2)cc1. The summed E-state index contributed by atoms with van der Waals surface area (Å²) in [6.07, 6.45) is 9.76. The summed E-state index contributed by atoms with van der Waals surface area (Å²) in [6, 6.07) is 94.9. The summed E-state index contributed by atoms with van der Waals surface area (Å²) in [5, 5.41) is 6.10. The van der Waals surface area contributed by atoms with Gasteiger partial charge in [-0.05, 0) is 153 Å². The van der Waals surface area contributed by atoms with Gasteiger partial charge in [-0.2, -0.15) is 0 Å². The van der Waals surface area contributed by atoms with E-state index in [4.69, 9.17) is 44.1 Å². The van der Waals surface area contributed by atoms with Crippen LogP contribution in [0.2, 0.25) is 0 Å². The second-order valence-electron chi connectivity index (χ2n) is 18.7. The molecule has 0 saturated heterocycles. The molecule has 10 aromatic rings. The van der Waals surface area contributed by atoms with Gasteiger partial charge in [-0.3, -0.25) is 0 Å². The molecule has 0 heterocycles. The molecule has 0 N–H and O–H groups in total. The molecule has 0 aliphatic heterocycles. The van der Waals surface area contributed by atoms with E-state index >= 15 is 0 Å². The van der Waals surface area contributed by atoms with Crippen LogP contribution in [0.4, 0.5) is 0 Å². The standard InChI is InChI=1S/C27H26P2.C19H16O2.C18H13BrO2.C6H12O.2ClH.Ni/c1-5-14-24(15-6-1)28(25-16-7-2-8-17-25)22-13-23-29(26-18-9-3-10-19-26)27-20-11-4-12-21-27;1-15-7-5-10-17(13-15)21-19-12-6-11-18(14-19)20-16-8-3-2-4-9-16;19-14-6-4-9-16(12-14)21-18-11-5-10-17(13-18)20-15-7-2-1-3-8-15;1-7-6-4-2-3-5-6;;;/h1-12,14-21H,13,22-23H2;2-14H,1H3;1-13H;6H,2-5H2,1H3;2*1H;/q;;;;;;+2. The van der Waals surface area contributed by atoms with E-state index in [2.05, 4.69) is 137 Å². The first-order valence-corrected chi connectivity index (χ1v) is 33.9. The molecule has 81 heavy (non-hydrogen) atoms. The van der Waals surface area contributed by atoms with Gasteiger partial charge in [0.05, 0.1) is 55.5 Å². The van der Waals surface area contributed by atoms with E-state index in [1.807, 2.05) is 165 Å². The number of aryl methyl sites for hydroxylation is 1. The maximum Gasteiger partial charge on any atom is 0.0966 e. The molecule has 1 fully saturated rings. The zero-order chi connectivity index (χ0) is 56.5. The van der Waals surface area contributed by atoms with Crippen LogP contribution < -0.4 is 40.2 Å². The summed E-state index contributed by atoms with van der Waals surface area (Å²) in [7, 11) is 9.72. The molecule has 0 bridgehead atoms. The monoisotopic (exact) mass is 1260 g/mol. The third-order valence-electron chi connectivity index (χ3n) is 12.8. The van der Waals surface area contributed by atoms with Crippen molar-refractivity contribution >= 4 is 73.4 Å². The second-order valence-corrected chi connectivity index (χ2v) is 26.5. The van der Waals surface area contributed by atoms with Gasteiger partial charge >= 0.3 is 33.0 Å². The minimum Gasteiger partial charge on any atom is -0.0620 e. The number of rotatable bonds is 17. The molecule has 1 saturated carbocycles. The number of halogens is 3. The van der Waals surface area contributed by atoms with Gasteiger partial charge < -0.3 is 23.7 Å². The molecule has 0 spiro atoms. The maximum atomic E-state index is 5.86. The van der Waals surface area contributed by atoms with Crippen LogP contribution in [-0.2, 0) is 17.4 Å². The molecule has 11 heteroatoms. The van der Waals surface area contributed by atoms with Gasteiger partial charge in [0.25, 0.3) is 0 Å². The van der Waals surface area contributed by atoms with Crippen LogP contribution in [0.15, 0.2) is 284 Å². The maximum absolute atomic E-state index is 5.86. The first-order chi connectivity index (χ1) is 39.8. The number of para-hydroxylation sites is 2. The zero-order valence-corrected chi connectivity index (χ0v) is 51.7. The largest absolute Gasteiger partial charge is 0.0966 e.